The second-order valence-corrected chi connectivity index (χ2v) is 9.29. The van der Waals surface area contributed by atoms with Crippen LogP contribution in [0.5, 0.6) is 6.01 Å². The molecule has 0 bridgehead atoms. The van der Waals surface area contributed by atoms with Crippen LogP contribution in [-0.2, 0) is 7.05 Å². The maximum absolute atomic E-state index is 14.5. The first-order chi connectivity index (χ1) is 17.3. The lowest BCUT2D eigenvalue weighted by Gasteiger charge is -2.16. The van der Waals surface area contributed by atoms with Crippen LogP contribution < -0.4 is 21.1 Å². The van der Waals surface area contributed by atoms with E-state index in [-0.39, 0.29) is 29.2 Å². The molecule has 2 heterocycles. The number of nitrogens with two attached hydrogens (primary N) is 1. The third-order valence-electron chi connectivity index (χ3n) is 6.15. The zero-order chi connectivity index (χ0) is 25.4. The largest absolute Gasteiger partial charge is 0.460 e. The third kappa shape index (κ3) is 4.93. The molecule has 5 rings (SSSR count). The number of fused-ring (bicyclic) bond motifs is 2. The first-order valence-electron chi connectivity index (χ1n) is 11.8. The molecule has 36 heavy (non-hydrogen) atoms. The Morgan fingerprint density at radius 1 is 1.33 bits per heavy atom. The molecule has 0 aliphatic heterocycles. The Hall–Kier alpha value is -3.83. The van der Waals surface area contributed by atoms with Crippen LogP contribution in [-0.4, -0.2) is 55.6 Å². The molecule has 3 atom stereocenters. The molecule has 1 fully saturated rings. The normalized spacial score (nSPS) is 18.5. The van der Waals surface area contributed by atoms with Crippen LogP contribution in [0.15, 0.2) is 36.7 Å². The number of aryl methyl sites for hydroxylation is 1. The summed E-state index contributed by atoms with van der Waals surface area (Å²) in [5, 5.41) is 21.1. The van der Waals surface area contributed by atoms with E-state index < -0.39 is 17.8 Å². The number of aliphatic hydroxyl groups is 1. The van der Waals surface area contributed by atoms with E-state index in [0.717, 1.165) is 5.69 Å². The van der Waals surface area contributed by atoms with E-state index in [4.69, 9.17) is 10.5 Å². The number of amides is 1. The molecule has 0 spiro atoms. The fraction of sp³-hybridized carbons (Fsp3) is 0.360. The smallest absolute Gasteiger partial charge is 0.317 e. The molecule has 11 heteroatoms. The highest BCUT2D eigenvalue weighted by Crippen LogP contribution is 2.29. The number of anilines is 2. The Labute approximate surface area is 206 Å². The van der Waals surface area contributed by atoms with Crippen molar-refractivity contribution >= 4 is 39.1 Å². The lowest BCUT2D eigenvalue weighted by molar-refractivity contribution is 0.102. The number of hydrogen-bond donors (Lipinski definition) is 4. The van der Waals surface area contributed by atoms with Gasteiger partial charge in [-0.05, 0) is 44.0 Å². The van der Waals surface area contributed by atoms with E-state index in [1.54, 1.807) is 37.6 Å². The molecule has 1 saturated carbocycles. The number of aliphatic hydroxyl groups excluding tert-OH is 1. The Bertz CT molecular complexity index is 1440. The summed E-state index contributed by atoms with van der Waals surface area (Å²) in [6.07, 6.45) is 4.56. The summed E-state index contributed by atoms with van der Waals surface area (Å²) >= 11 is 0. The maximum atomic E-state index is 14.5. The number of carbonyl (C=O) groups excluding carboxylic acids is 1. The lowest BCUT2D eigenvalue weighted by atomic mass is 10.1. The molecule has 1 amide bonds. The number of halogens is 1. The van der Waals surface area contributed by atoms with Crippen molar-refractivity contribution in [3.63, 3.8) is 0 Å². The molecule has 0 saturated heterocycles. The van der Waals surface area contributed by atoms with Gasteiger partial charge in [0.25, 0.3) is 5.91 Å². The van der Waals surface area contributed by atoms with Crippen LogP contribution >= 0.6 is 0 Å². The summed E-state index contributed by atoms with van der Waals surface area (Å²) in [6.45, 7) is 2.40. The first-order valence-corrected chi connectivity index (χ1v) is 11.8. The number of hydrogen-bond acceptors (Lipinski definition) is 8. The van der Waals surface area contributed by atoms with Gasteiger partial charge < -0.3 is 26.2 Å². The van der Waals surface area contributed by atoms with Crippen LogP contribution in [0.3, 0.4) is 0 Å². The summed E-state index contributed by atoms with van der Waals surface area (Å²) in [6, 6.07) is 6.36. The SMILES string of the molecule is C[C@H](N)CNc1ccc(C(=O)Nc2cc(F)c3nn(C)cc3c2)c2nc(O[C@@H]3CC[C@H](O)C3)ncc12. The number of nitrogens with zero attached hydrogens (tertiary/aromatic N) is 4. The molecule has 5 N–H and O–H groups in total. The Balaban J connectivity index is 1.49. The van der Waals surface area contributed by atoms with Crippen LogP contribution in [0.4, 0.5) is 15.8 Å². The van der Waals surface area contributed by atoms with Crippen LogP contribution in [0.25, 0.3) is 21.8 Å². The first kappa shape index (κ1) is 23.9. The molecular formula is C25H28FN7O3. The number of rotatable bonds is 7. The molecule has 0 unspecified atom stereocenters. The Kier molecular flexibility index (Phi) is 6.42. The molecule has 1 aliphatic rings. The van der Waals surface area contributed by atoms with Crippen LogP contribution in [0.2, 0.25) is 0 Å². The second kappa shape index (κ2) is 9.67. The highest BCUT2D eigenvalue weighted by Gasteiger charge is 2.25. The van der Waals surface area contributed by atoms with Gasteiger partial charge in [0.05, 0.1) is 17.2 Å². The van der Waals surface area contributed by atoms with Crippen LogP contribution in [0.1, 0.15) is 36.5 Å². The number of nitrogens with one attached hydrogen (secondary N) is 2. The van der Waals surface area contributed by atoms with E-state index in [1.807, 2.05) is 6.92 Å². The van der Waals surface area contributed by atoms with Crippen molar-refractivity contribution in [3.05, 3.63) is 48.0 Å². The maximum Gasteiger partial charge on any atom is 0.317 e. The molecule has 4 aromatic rings. The van der Waals surface area contributed by atoms with Crippen molar-refractivity contribution in [1.82, 2.24) is 19.7 Å². The standard InChI is InChI=1S/C25H28FN7O3/c1-13(27)10-28-21-6-5-18(23-19(21)11-29-25(31-23)36-17-4-3-16(34)9-17)24(35)30-15-7-14-12-33(2)32-22(14)20(26)8-15/h5-8,11-13,16-17,28,34H,3-4,9-10,27H2,1-2H3,(H,30,35)/t13-,16-,17+/m0/s1. The fourth-order valence-electron chi connectivity index (χ4n) is 4.42. The van der Waals surface area contributed by atoms with E-state index in [2.05, 4.69) is 25.7 Å². The van der Waals surface area contributed by atoms with Gasteiger partial charge in [-0.3, -0.25) is 9.48 Å². The lowest BCUT2D eigenvalue weighted by Crippen LogP contribution is -2.25. The van der Waals surface area contributed by atoms with Gasteiger partial charge in [0.15, 0.2) is 5.82 Å². The van der Waals surface area contributed by atoms with Gasteiger partial charge in [0.1, 0.15) is 11.6 Å². The van der Waals surface area contributed by atoms with Gasteiger partial charge in [-0.2, -0.15) is 10.1 Å². The topological polar surface area (TPSA) is 140 Å². The molecule has 2 aromatic carbocycles. The second-order valence-electron chi connectivity index (χ2n) is 9.29. The Morgan fingerprint density at radius 3 is 2.92 bits per heavy atom. The van der Waals surface area contributed by atoms with Crippen molar-refractivity contribution < 1.29 is 19.0 Å². The van der Waals surface area contributed by atoms with Crippen molar-refractivity contribution in [2.45, 2.75) is 44.4 Å². The highest BCUT2D eigenvalue weighted by atomic mass is 19.1. The summed E-state index contributed by atoms with van der Waals surface area (Å²) in [4.78, 5) is 22.2. The zero-order valence-corrected chi connectivity index (χ0v) is 20.0. The Morgan fingerprint density at radius 2 is 2.17 bits per heavy atom. The molecule has 1 aliphatic carbocycles. The van der Waals surface area contributed by atoms with Gasteiger partial charge in [-0.25, -0.2) is 9.37 Å². The average molecular weight is 494 g/mol. The van der Waals surface area contributed by atoms with Crippen LogP contribution in [0, 0.1) is 5.82 Å². The van der Waals surface area contributed by atoms with E-state index in [9.17, 15) is 14.3 Å². The van der Waals surface area contributed by atoms with Gasteiger partial charge in [0, 0.05) is 60.6 Å². The van der Waals surface area contributed by atoms with Crippen molar-refractivity contribution in [3.8, 4) is 6.01 Å². The summed E-state index contributed by atoms with van der Waals surface area (Å²) in [5.74, 6) is -0.984. The number of ether oxygens (including phenoxy) is 1. The summed E-state index contributed by atoms with van der Waals surface area (Å²) in [5.41, 5.74) is 7.82. The quantitative estimate of drug-likeness (QED) is 0.308. The predicted octanol–water partition coefficient (Wildman–Crippen LogP) is 2.96. The van der Waals surface area contributed by atoms with Crippen molar-refractivity contribution in [2.24, 2.45) is 12.8 Å². The highest BCUT2D eigenvalue weighted by molar-refractivity contribution is 6.14. The van der Waals surface area contributed by atoms with Gasteiger partial charge >= 0.3 is 6.01 Å². The van der Waals surface area contributed by atoms with E-state index >= 15 is 0 Å². The minimum absolute atomic E-state index is 0.0855. The summed E-state index contributed by atoms with van der Waals surface area (Å²) < 4.78 is 22.0. The fourth-order valence-corrected chi connectivity index (χ4v) is 4.42. The van der Waals surface area contributed by atoms with Gasteiger partial charge in [-0.1, -0.05) is 0 Å². The van der Waals surface area contributed by atoms with Crippen molar-refractivity contribution in [2.75, 3.05) is 17.2 Å². The average Bonchev–Trinajstić information content (AvgIpc) is 3.41. The number of benzene rings is 2. The van der Waals surface area contributed by atoms with Gasteiger partial charge in [0.2, 0.25) is 0 Å². The molecular weight excluding hydrogens is 465 g/mol. The molecule has 10 nitrogen and oxygen atoms in total. The monoisotopic (exact) mass is 493 g/mol. The molecule has 0 radical (unpaired) electrons. The van der Waals surface area contributed by atoms with Crippen molar-refractivity contribution in [1.29, 1.82) is 0 Å². The number of aromatic nitrogens is 4. The minimum atomic E-state index is -0.527. The summed E-state index contributed by atoms with van der Waals surface area (Å²) in [7, 11) is 1.70. The zero-order valence-electron chi connectivity index (χ0n) is 20.0. The molecule has 2 aromatic heterocycles. The minimum Gasteiger partial charge on any atom is -0.460 e. The predicted molar refractivity (Wildman–Crippen MR) is 135 cm³/mol. The number of carbonyl (C=O) groups is 1. The van der Waals surface area contributed by atoms with E-state index in [1.165, 1.54) is 10.7 Å². The van der Waals surface area contributed by atoms with E-state index in [0.29, 0.717) is 47.8 Å². The molecule has 188 valence electrons. The van der Waals surface area contributed by atoms with Gasteiger partial charge in [-0.15, -0.1) is 0 Å². The third-order valence-corrected chi connectivity index (χ3v) is 6.15.